The van der Waals surface area contributed by atoms with Crippen molar-refractivity contribution < 1.29 is 9.00 Å². The van der Waals surface area contributed by atoms with E-state index in [1.165, 1.54) is 0 Å². The number of fused-ring (bicyclic) bond motifs is 1. The number of carbonyl (C=O) groups excluding carboxylic acids is 1. The van der Waals surface area contributed by atoms with Crippen LogP contribution in [0.3, 0.4) is 0 Å². The van der Waals surface area contributed by atoms with Crippen LogP contribution in [0.15, 0.2) is 70.4 Å². The molecule has 1 amide bonds. The molecule has 0 saturated heterocycles. The van der Waals surface area contributed by atoms with Crippen LogP contribution in [0.25, 0.3) is 10.2 Å². The highest BCUT2D eigenvalue weighted by molar-refractivity contribution is 7.85. The van der Waals surface area contributed by atoms with E-state index in [-0.39, 0.29) is 17.2 Å². The summed E-state index contributed by atoms with van der Waals surface area (Å²) in [6.07, 6.45) is 0.216. The average Bonchev–Trinajstić information content (AvgIpc) is 3.08. The molecule has 2 aromatic carbocycles. The van der Waals surface area contributed by atoms with Crippen LogP contribution in [0.4, 0.5) is 5.69 Å². The molecule has 0 radical (unpaired) electrons. The van der Waals surface area contributed by atoms with Crippen molar-refractivity contribution in [3.05, 3.63) is 87.3 Å². The normalized spacial score (nSPS) is 12.1. The number of aryl methyl sites for hydroxylation is 1. The maximum absolute atomic E-state index is 12.5. The van der Waals surface area contributed by atoms with E-state index in [0.29, 0.717) is 18.0 Å². The summed E-state index contributed by atoms with van der Waals surface area (Å²) in [4.78, 5) is 30.2. The Labute approximate surface area is 192 Å². The summed E-state index contributed by atoms with van der Waals surface area (Å²) in [6, 6.07) is 18.5. The standard InChI is InChI=1S/C24H23N3O3S2/c1-3-32(30)20-10-7-17(8-11-20)13-23(28)26-18-9-12-21-22(14-18)31-24(29)27(21)15-19-6-4-5-16(2)25-19/h4-12,14H,3,13,15H2,1-2H3,(H,26,28). The average molecular weight is 466 g/mol. The maximum Gasteiger partial charge on any atom is 0.308 e. The van der Waals surface area contributed by atoms with Gasteiger partial charge in [-0.15, -0.1) is 0 Å². The smallest absolute Gasteiger partial charge is 0.308 e. The summed E-state index contributed by atoms with van der Waals surface area (Å²) >= 11 is 1.15. The Bertz CT molecular complexity index is 1360. The molecule has 0 fully saturated rings. The monoisotopic (exact) mass is 465 g/mol. The van der Waals surface area contributed by atoms with Gasteiger partial charge in [-0.3, -0.25) is 23.3 Å². The molecule has 4 rings (SSSR count). The topological polar surface area (TPSA) is 81.1 Å². The summed E-state index contributed by atoms with van der Waals surface area (Å²) in [5.74, 6) is 0.418. The Balaban J connectivity index is 1.47. The van der Waals surface area contributed by atoms with E-state index in [2.05, 4.69) is 10.3 Å². The number of anilines is 1. The van der Waals surface area contributed by atoms with E-state index in [1.807, 2.05) is 56.3 Å². The molecule has 0 spiro atoms. The molecule has 8 heteroatoms. The summed E-state index contributed by atoms with van der Waals surface area (Å²) in [5.41, 5.74) is 4.06. The predicted octanol–water partition coefficient (Wildman–Crippen LogP) is 4.12. The van der Waals surface area contributed by atoms with E-state index >= 15 is 0 Å². The third kappa shape index (κ3) is 5.03. The van der Waals surface area contributed by atoms with Gasteiger partial charge in [0.25, 0.3) is 0 Å². The van der Waals surface area contributed by atoms with E-state index < -0.39 is 10.8 Å². The molecule has 1 N–H and O–H groups in total. The molecule has 1 unspecified atom stereocenters. The molecular weight excluding hydrogens is 442 g/mol. The highest BCUT2D eigenvalue weighted by atomic mass is 32.2. The van der Waals surface area contributed by atoms with Crippen LogP contribution >= 0.6 is 11.3 Å². The second kappa shape index (κ2) is 9.58. The molecule has 0 aliphatic carbocycles. The van der Waals surface area contributed by atoms with Crippen LogP contribution in [0.1, 0.15) is 23.9 Å². The molecule has 32 heavy (non-hydrogen) atoms. The second-order valence-corrected chi connectivity index (χ2v) is 10.1. The van der Waals surface area contributed by atoms with Crippen molar-refractivity contribution in [3.63, 3.8) is 0 Å². The van der Waals surface area contributed by atoms with Gasteiger partial charge in [0.2, 0.25) is 5.91 Å². The minimum absolute atomic E-state index is 0.0589. The third-order valence-corrected chi connectivity index (χ3v) is 7.30. The molecule has 0 aliphatic rings. The van der Waals surface area contributed by atoms with Gasteiger partial charge < -0.3 is 5.32 Å². The SMILES string of the molecule is CCS(=O)c1ccc(CC(=O)Nc2ccc3c(c2)sc(=O)n3Cc2cccc(C)n2)cc1. The van der Waals surface area contributed by atoms with Crippen LogP contribution in [0.5, 0.6) is 0 Å². The van der Waals surface area contributed by atoms with Crippen LogP contribution in [-0.4, -0.2) is 25.4 Å². The fraction of sp³-hybridized carbons (Fsp3) is 0.208. The Morgan fingerprint density at radius 1 is 1.12 bits per heavy atom. The van der Waals surface area contributed by atoms with Crippen LogP contribution < -0.4 is 10.2 Å². The lowest BCUT2D eigenvalue weighted by Crippen LogP contribution is -2.15. The van der Waals surface area contributed by atoms with Gasteiger partial charge in [0, 0.05) is 22.0 Å². The predicted molar refractivity (Wildman–Crippen MR) is 130 cm³/mol. The van der Waals surface area contributed by atoms with E-state index in [0.717, 1.165) is 43.4 Å². The van der Waals surface area contributed by atoms with Gasteiger partial charge >= 0.3 is 4.87 Å². The van der Waals surface area contributed by atoms with Gasteiger partial charge in [0.15, 0.2) is 0 Å². The quantitative estimate of drug-likeness (QED) is 0.445. The fourth-order valence-corrected chi connectivity index (χ4v) is 5.16. The lowest BCUT2D eigenvalue weighted by atomic mass is 10.1. The van der Waals surface area contributed by atoms with Crippen molar-refractivity contribution >= 4 is 43.9 Å². The molecule has 0 bridgehead atoms. The maximum atomic E-state index is 12.5. The van der Waals surface area contributed by atoms with Gasteiger partial charge in [0.1, 0.15) is 0 Å². The number of benzene rings is 2. The van der Waals surface area contributed by atoms with Crippen LogP contribution in [0.2, 0.25) is 0 Å². The zero-order valence-electron chi connectivity index (χ0n) is 17.8. The first-order valence-corrected chi connectivity index (χ1v) is 12.4. The van der Waals surface area contributed by atoms with Gasteiger partial charge in [-0.1, -0.05) is 36.5 Å². The summed E-state index contributed by atoms with van der Waals surface area (Å²) < 4.78 is 14.4. The fourth-order valence-electron chi connectivity index (χ4n) is 3.46. The molecule has 2 heterocycles. The zero-order chi connectivity index (χ0) is 22.7. The molecule has 1 atom stereocenters. The number of carbonyl (C=O) groups is 1. The number of aromatic nitrogens is 2. The lowest BCUT2D eigenvalue weighted by Gasteiger charge is -2.08. The van der Waals surface area contributed by atoms with Crippen LogP contribution in [0, 0.1) is 6.92 Å². The number of rotatable bonds is 7. The van der Waals surface area contributed by atoms with Gasteiger partial charge in [-0.25, -0.2) is 0 Å². The van der Waals surface area contributed by atoms with Crippen molar-refractivity contribution in [2.75, 3.05) is 11.1 Å². The third-order valence-electron chi connectivity index (χ3n) is 5.03. The number of pyridine rings is 1. The van der Waals surface area contributed by atoms with Crippen molar-refractivity contribution in [2.24, 2.45) is 0 Å². The highest BCUT2D eigenvalue weighted by Gasteiger charge is 2.11. The van der Waals surface area contributed by atoms with Crippen molar-refractivity contribution in [2.45, 2.75) is 31.7 Å². The number of nitrogens with one attached hydrogen (secondary N) is 1. The molecule has 4 aromatic rings. The largest absolute Gasteiger partial charge is 0.326 e. The molecule has 6 nitrogen and oxygen atoms in total. The first-order chi connectivity index (χ1) is 15.4. The van der Waals surface area contributed by atoms with Gasteiger partial charge in [-0.05, 0) is 55.0 Å². The summed E-state index contributed by atoms with van der Waals surface area (Å²) in [5, 5.41) is 2.90. The summed E-state index contributed by atoms with van der Waals surface area (Å²) in [6.45, 7) is 4.21. The Morgan fingerprint density at radius 2 is 1.91 bits per heavy atom. The van der Waals surface area contributed by atoms with E-state index in [1.54, 1.807) is 22.8 Å². The van der Waals surface area contributed by atoms with Crippen molar-refractivity contribution in [1.29, 1.82) is 0 Å². The minimum Gasteiger partial charge on any atom is -0.326 e. The Morgan fingerprint density at radius 3 is 2.62 bits per heavy atom. The Hall–Kier alpha value is -3.10. The molecule has 0 saturated carbocycles. The van der Waals surface area contributed by atoms with E-state index in [4.69, 9.17) is 0 Å². The van der Waals surface area contributed by atoms with Gasteiger partial charge in [0.05, 0.1) is 39.7 Å². The lowest BCUT2D eigenvalue weighted by molar-refractivity contribution is -0.115. The molecular formula is C24H23N3O3S2. The second-order valence-electron chi connectivity index (χ2n) is 7.41. The van der Waals surface area contributed by atoms with Gasteiger partial charge in [-0.2, -0.15) is 0 Å². The highest BCUT2D eigenvalue weighted by Crippen LogP contribution is 2.23. The number of thiazole rings is 1. The van der Waals surface area contributed by atoms with Crippen molar-refractivity contribution in [3.8, 4) is 0 Å². The summed E-state index contributed by atoms with van der Waals surface area (Å²) in [7, 11) is -1.00. The Kier molecular flexibility index (Phi) is 6.62. The van der Waals surface area contributed by atoms with E-state index in [9.17, 15) is 13.8 Å². The number of nitrogens with zero attached hydrogens (tertiary/aromatic N) is 2. The first-order valence-electron chi connectivity index (χ1n) is 10.3. The number of amides is 1. The van der Waals surface area contributed by atoms with Crippen molar-refractivity contribution in [1.82, 2.24) is 9.55 Å². The minimum atomic E-state index is -1.00. The first kappa shape index (κ1) is 22.1. The zero-order valence-corrected chi connectivity index (χ0v) is 19.5. The molecule has 164 valence electrons. The molecule has 0 aliphatic heterocycles. The number of hydrogen-bond acceptors (Lipinski definition) is 5. The number of hydrogen-bond donors (Lipinski definition) is 1. The van der Waals surface area contributed by atoms with Crippen LogP contribution in [-0.2, 0) is 28.6 Å². The molecule has 2 aromatic heterocycles.